The summed E-state index contributed by atoms with van der Waals surface area (Å²) in [6.07, 6.45) is 7.85. The molecule has 0 saturated heterocycles. The average molecular weight is 371 g/mol. The molecule has 1 aromatic rings. The first-order valence-electron chi connectivity index (χ1n) is 8.53. The quantitative estimate of drug-likeness (QED) is 0.721. The van der Waals surface area contributed by atoms with Gasteiger partial charge in [0, 0.05) is 16.7 Å². The lowest BCUT2D eigenvalue weighted by Crippen LogP contribution is -2.25. The van der Waals surface area contributed by atoms with Crippen molar-refractivity contribution in [3.05, 3.63) is 23.8 Å². The zero-order valence-corrected chi connectivity index (χ0v) is 15.7. The summed E-state index contributed by atoms with van der Waals surface area (Å²) in [5, 5.41) is 8.57. The summed E-state index contributed by atoms with van der Waals surface area (Å²) in [6.45, 7) is 2.64. The second-order valence-corrected chi connectivity index (χ2v) is 9.09. The van der Waals surface area contributed by atoms with Crippen molar-refractivity contribution in [2.75, 3.05) is 6.54 Å². The van der Waals surface area contributed by atoms with Crippen LogP contribution in [-0.2, 0) is 10.0 Å². The first-order valence-corrected chi connectivity index (χ1v) is 11.0. The second kappa shape index (κ2) is 8.87. The molecular weight excluding hydrogens is 344 g/mol. The highest BCUT2D eigenvalue weighted by Crippen LogP contribution is 2.36. The molecule has 2 rings (SSSR count). The van der Waals surface area contributed by atoms with Crippen LogP contribution in [0.3, 0.4) is 0 Å². The molecule has 0 aromatic heterocycles. The van der Waals surface area contributed by atoms with Crippen molar-refractivity contribution in [2.24, 2.45) is 5.14 Å². The molecule has 0 bridgehead atoms. The Bertz CT molecular complexity index is 668. The van der Waals surface area contributed by atoms with Gasteiger partial charge in [0.2, 0.25) is 10.0 Å². The van der Waals surface area contributed by atoms with Crippen molar-refractivity contribution < 1.29 is 13.2 Å². The van der Waals surface area contributed by atoms with Gasteiger partial charge >= 0.3 is 0 Å². The number of nitrogens with one attached hydrogen (secondary N) is 1. The Morgan fingerprint density at radius 2 is 2.00 bits per heavy atom. The van der Waals surface area contributed by atoms with E-state index in [1.165, 1.54) is 31.4 Å². The van der Waals surface area contributed by atoms with Gasteiger partial charge in [-0.3, -0.25) is 4.79 Å². The van der Waals surface area contributed by atoms with E-state index in [2.05, 4.69) is 12.2 Å². The molecule has 1 aliphatic rings. The number of hydrogen-bond acceptors (Lipinski definition) is 4. The predicted molar refractivity (Wildman–Crippen MR) is 97.8 cm³/mol. The normalized spacial score (nSPS) is 16.1. The van der Waals surface area contributed by atoms with Crippen LogP contribution in [0.2, 0.25) is 0 Å². The number of sulfonamides is 1. The molecule has 7 heteroatoms. The van der Waals surface area contributed by atoms with E-state index in [4.69, 9.17) is 5.14 Å². The molecule has 24 heavy (non-hydrogen) atoms. The number of hydrogen-bond donors (Lipinski definition) is 2. The van der Waals surface area contributed by atoms with E-state index in [-0.39, 0.29) is 10.8 Å². The van der Waals surface area contributed by atoms with E-state index in [1.807, 2.05) is 0 Å². The van der Waals surface area contributed by atoms with E-state index < -0.39 is 10.0 Å². The van der Waals surface area contributed by atoms with E-state index in [9.17, 15) is 13.2 Å². The maximum absolute atomic E-state index is 12.5. The van der Waals surface area contributed by atoms with Crippen molar-refractivity contribution in [3.63, 3.8) is 0 Å². The third kappa shape index (κ3) is 5.50. The van der Waals surface area contributed by atoms with Gasteiger partial charge in [0.05, 0.1) is 10.5 Å². The highest BCUT2D eigenvalue weighted by Gasteiger charge is 2.21. The second-order valence-electron chi connectivity index (χ2n) is 6.19. The number of primary sulfonamides is 1. The van der Waals surface area contributed by atoms with Crippen molar-refractivity contribution in [2.45, 2.75) is 66.9 Å². The fourth-order valence-electron chi connectivity index (χ4n) is 2.80. The molecule has 0 aliphatic heterocycles. The van der Waals surface area contributed by atoms with E-state index in [0.717, 1.165) is 30.6 Å². The van der Waals surface area contributed by atoms with Gasteiger partial charge < -0.3 is 5.32 Å². The fourth-order valence-corrected chi connectivity index (χ4v) is 4.70. The minimum Gasteiger partial charge on any atom is -0.352 e. The van der Waals surface area contributed by atoms with Crippen molar-refractivity contribution in [1.82, 2.24) is 5.32 Å². The van der Waals surface area contributed by atoms with Gasteiger partial charge in [-0.15, -0.1) is 11.8 Å². The molecule has 0 unspecified atom stereocenters. The molecule has 0 heterocycles. The maximum Gasteiger partial charge on any atom is 0.252 e. The molecule has 0 spiro atoms. The van der Waals surface area contributed by atoms with Gasteiger partial charge in [-0.2, -0.15) is 0 Å². The van der Waals surface area contributed by atoms with Gasteiger partial charge in [-0.1, -0.05) is 32.6 Å². The van der Waals surface area contributed by atoms with E-state index >= 15 is 0 Å². The standard InChI is InChI=1S/C17H26N2O3S2/c1-2-3-11-19-17(20)15-12-14(24(18,21)22)9-10-16(15)23-13-7-5-4-6-8-13/h9-10,12-13H,2-8,11H2,1H3,(H,19,20)(H2,18,21,22). The van der Waals surface area contributed by atoms with Crippen LogP contribution < -0.4 is 10.5 Å². The Kier molecular flexibility index (Phi) is 7.13. The minimum absolute atomic E-state index is 0.0175. The lowest BCUT2D eigenvalue weighted by Gasteiger charge is -2.22. The largest absolute Gasteiger partial charge is 0.352 e. The summed E-state index contributed by atoms with van der Waals surface area (Å²) in [5.74, 6) is -0.229. The summed E-state index contributed by atoms with van der Waals surface area (Å²) in [5.41, 5.74) is 0.410. The van der Waals surface area contributed by atoms with E-state index in [1.54, 1.807) is 17.8 Å². The van der Waals surface area contributed by atoms with Gasteiger partial charge in [0.15, 0.2) is 0 Å². The van der Waals surface area contributed by atoms with Crippen LogP contribution in [-0.4, -0.2) is 26.1 Å². The van der Waals surface area contributed by atoms with Gasteiger partial charge in [-0.25, -0.2) is 13.6 Å². The zero-order chi connectivity index (χ0) is 17.6. The molecule has 3 N–H and O–H groups in total. The van der Waals surface area contributed by atoms with E-state index in [0.29, 0.717) is 17.4 Å². The first-order chi connectivity index (χ1) is 11.4. The lowest BCUT2D eigenvalue weighted by molar-refractivity contribution is 0.0950. The molecule has 1 saturated carbocycles. The summed E-state index contributed by atoms with van der Waals surface area (Å²) in [7, 11) is -3.82. The summed E-state index contributed by atoms with van der Waals surface area (Å²) >= 11 is 1.68. The van der Waals surface area contributed by atoms with Crippen LogP contribution in [0.15, 0.2) is 28.0 Å². The van der Waals surface area contributed by atoms with Gasteiger partial charge in [0.1, 0.15) is 0 Å². The summed E-state index contributed by atoms with van der Waals surface area (Å²) in [4.78, 5) is 13.3. The Morgan fingerprint density at radius 3 is 2.62 bits per heavy atom. The Morgan fingerprint density at radius 1 is 1.29 bits per heavy atom. The van der Waals surface area contributed by atoms with Crippen LogP contribution in [0.25, 0.3) is 0 Å². The van der Waals surface area contributed by atoms with Crippen LogP contribution in [0.4, 0.5) is 0 Å². The SMILES string of the molecule is CCCCNC(=O)c1cc(S(N)(=O)=O)ccc1SC1CCCCC1. The highest BCUT2D eigenvalue weighted by atomic mass is 32.2. The maximum atomic E-state index is 12.5. The topological polar surface area (TPSA) is 89.3 Å². The van der Waals surface area contributed by atoms with Gasteiger partial charge in [0.25, 0.3) is 5.91 Å². The zero-order valence-electron chi connectivity index (χ0n) is 14.1. The summed E-state index contributed by atoms with van der Waals surface area (Å²) < 4.78 is 23.2. The molecule has 5 nitrogen and oxygen atoms in total. The number of carbonyl (C=O) groups excluding carboxylic acids is 1. The number of thioether (sulfide) groups is 1. The van der Waals surface area contributed by atoms with Crippen LogP contribution in [0, 0.1) is 0 Å². The Labute approximate surface area is 148 Å². The van der Waals surface area contributed by atoms with Crippen molar-refractivity contribution >= 4 is 27.7 Å². The number of benzene rings is 1. The molecule has 1 aliphatic carbocycles. The number of unbranched alkanes of at least 4 members (excludes halogenated alkanes) is 1. The van der Waals surface area contributed by atoms with Crippen LogP contribution in [0.5, 0.6) is 0 Å². The molecule has 1 aromatic carbocycles. The average Bonchev–Trinajstić information content (AvgIpc) is 2.55. The first kappa shape index (κ1) is 19.3. The lowest BCUT2D eigenvalue weighted by atomic mass is 10.0. The molecule has 1 amide bonds. The van der Waals surface area contributed by atoms with Crippen molar-refractivity contribution in [1.29, 1.82) is 0 Å². The number of amides is 1. The third-order valence-electron chi connectivity index (χ3n) is 4.19. The van der Waals surface area contributed by atoms with Crippen LogP contribution in [0.1, 0.15) is 62.2 Å². The third-order valence-corrected chi connectivity index (χ3v) is 6.51. The number of carbonyl (C=O) groups is 1. The Balaban J connectivity index is 2.25. The molecule has 134 valence electrons. The highest BCUT2D eigenvalue weighted by molar-refractivity contribution is 8.00. The van der Waals surface area contributed by atoms with Gasteiger partial charge in [-0.05, 0) is 37.5 Å². The fraction of sp³-hybridized carbons (Fsp3) is 0.588. The minimum atomic E-state index is -3.82. The number of nitrogens with two attached hydrogens (primary N) is 1. The monoisotopic (exact) mass is 370 g/mol. The summed E-state index contributed by atoms with van der Waals surface area (Å²) in [6, 6.07) is 4.61. The predicted octanol–water partition coefficient (Wildman–Crippen LogP) is 3.29. The number of rotatable bonds is 7. The Hall–Kier alpha value is -1.05. The molecule has 1 fully saturated rings. The molecular formula is C17H26N2O3S2. The smallest absolute Gasteiger partial charge is 0.252 e. The van der Waals surface area contributed by atoms with Crippen LogP contribution >= 0.6 is 11.8 Å². The molecule has 0 atom stereocenters. The molecule has 0 radical (unpaired) electrons. The van der Waals surface area contributed by atoms with Crippen molar-refractivity contribution in [3.8, 4) is 0 Å².